The minimum absolute atomic E-state index is 0.0165. The lowest BCUT2D eigenvalue weighted by molar-refractivity contribution is -0.384. The standard InChI is InChI=1S/C22H19ClF2N4O4/c1-12-4-2-3-5-17(12)33-16-9-14(8-15(10-16)29(31)32)26-18(30)11-28-21(13-6-7-13)19(23)20(27-28)22(24)25/h2-5,8-10,13,22H,6-7,11H2,1H3,(H,26,30). The molecule has 172 valence electrons. The van der Waals surface area contributed by atoms with Crippen molar-refractivity contribution in [3.05, 3.63) is 74.6 Å². The van der Waals surface area contributed by atoms with Crippen molar-refractivity contribution in [2.45, 2.75) is 38.7 Å². The summed E-state index contributed by atoms with van der Waals surface area (Å²) < 4.78 is 33.4. The molecular formula is C22H19ClF2N4O4. The van der Waals surface area contributed by atoms with Crippen LogP contribution in [0.5, 0.6) is 11.5 Å². The van der Waals surface area contributed by atoms with Crippen LogP contribution in [-0.4, -0.2) is 20.6 Å². The van der Waals surface area contributed by atoms with Crippen LogP contribution in [0.3, 0.4) is 0 Å². The Balaban J connectivity index is 1.57. The number of aromatic nitrogens is 2. The Labute approximate surface area is 192 Å². The summed E-state index contributed by atoms with van der Waals surface area (Å²) in [7, 11) is 0. The smallest absolute Gasteiger partial charge is 0.283 e. The van der Waals surface area contributed by atoms with Crippen molar-refractivity contribution in [2.24, 2.45) is 0 Å². The van der Waals surface area contributed by atoms with Gasteiger partial charge in [0.25, 0.3) is 12.1 Å². The summed E-state index contributed by atoms with van der Waals surface area (Å²) in [5, 5.41) is 17.6. The van der Waals surface area contributed by atoms with Crippen molar-refractivity contribution in [1.29, 1.82) is 0 Å². The van der Waals surface area contributed by atoms with Gasteiger partial charge in [-0.05, 0) is 31.4 Å². The van der Waals surface area contributed by atoms with E-state index < -0.39 is 22.9 Å². The van der Waals surface area contributed by atoms with Gasteiger partial charge in [-0.15, -0.1) is 0 Å². The first-order valence-electron chi connectivity index (χ1n) is 10.1. The van der Waals surface area contributed by atoms with Crippen molar-refractivity contribution < 1.29 is 23.2 Å². The number of amides is 1. The number of carbonyl (C=O) groups is 1. The van der Waals surface area contributed by atoms with Crippen LogP contribution in [-0.2, 0) is 11.3 Å². The van der Waals surface area contributed by atoms with Crippen molar-refractivity contribution in [3.8, 4) is 11.5 Å². The Kier molecular flexibility index (Phi) is 6.28. The highest BCUT2D eigenvalue weighted by Crippen LogP contribution is 2.45. The van der Waals surface area contributed by atoms with Gasteiger partial charge < -0.3 is 10.1 Å². The van der Waals surface area contributed by atoms with Crippen molar-refractivity contribution in [3.63, 3.8) is 0 Å². The van der Waals surface area contributed by atoms with E-state index in [-0.39, 0.29) is 34.6 Å². The largest absolute Gasteiger partial charge is 0.457 e. The first-order valence-corrected chi connectivity index (χ1v) is 10.5. The van der Waals surface area contributed by atoms with Gasteiger partial charge in [0.1, 0.15) is 23.7 Å². The SMILES string of the molecule is Cc1ccccc1Oc1cc(NC(=O)Cn2nc(C(F)F)c(Cl)c2C2CC2)cc([N+](=O)[O-])c1. The maximum absolute atomic E-state index is 13.2. The maximum Gasteiger partial charge on any atom is 0.283 e. The average Bonchev–Trinajstić information content (AvgIpc) is 3.52. The highest BCUT2D eigenvalue weighted by atomic mass is 35.5. The summed E-state index contributed by atoms with van der Waals surface area (Å²) in [6, 6.07) is 11.0. The molecule has 11 heteroatoms. The average molecular weight is 477 g/mol. The molecule has 33 heavy (non-hydrogen) atoms. The molecule has 1 aliphatic carbocycles. The molecule has 1 N–H and O–H groups in total. The fourth-order valence-electron chi connectivity index (χ4n) is 3.43. The first-order chi connectivity index (χ1) is 15.7. The monoisotopic (exact) mass is 476 g/mol. The zero-order valence-corrected chi connectivity index (χ0v) is 18.2. The fourth-order valence-corrected chi connectivity index (χ4v) is 3.81. The predicted octanol–water partition coefficient (Wildman–Crippen LogP) is 6.00. The number of hydrogen-bond donors (Lipinski definition) is 1. The summed E-state index contributed by atoms with van der Waals surface area (Å²) in [5.74, 6) is 0.0566. The van der Waals surface area contributed by atoms with Crippen molar-refractivity contribution in [1.82, 2.24) is 9.78 Å². The van der Waals surface area contributed by atoms with E-state index in [1.54, 1.807) is 12.1 Å². The molecule has 0 radical (unpaired) electrons. The molecule has 8 nitrogen and oxygen atoms in total. The number of rotatable bonds is 8. The predicted molar refractivity (Wildman–Crippen MR) is 117 cm³/mol. The molecule has 0 aliphatic heterocycles. The lowest BCUT2D eigenvalue weighted by atomic mass is 10.2. The lowest BCUT2D eigenvalue weighted by Crippen LogP contribution is -2.21. The van der Waals surface area contributed by atoms with E-state index in [2.05, 4.69) is 10.4 Å². The number of anilines is 1. The Morgan fingerprint density at radius 1 is 1.33 bits per heavy atom. The lowest BCUT2D eigenvalue weighted by Gasteiger charge is -2.12. The number of nitrogens with zero attached hydrogens (tertiary/aromatic N) is 3. The van der Waals surface area contributed by atoms with Crippen LogP contribution in [0.15, 0.2) is 42.5 Å². The Morgan fingerprint density at radius 3 is 2.70 bits per heavy atom. The van der Waals surface area contributed by atoms with Crippen LogP contribution in [0.2, 0.25) is 5.02 Å². The summed E-state index contributed by atoms with van der Waals surface area (Å²) >= 11 is 6.08. The van der Waals surface area contributed by atoms with Crippen LogP contribution in [0.25, 0.3) is 0 Å². The molecule has 4 rings (SSSR count). The van der Waals surface area contributed by atoms with Gasteiger partial charge in [0.2, 0.25) is 5.91 Å². The number of halogens is 3. The maximum atomic E-state index is 13.2. The number of nitrogens with one attached hydrogen (secondary N) is 1. The number of nitro benzene ring substituents is 1. The highest BCUT2D eigenvalue weighted by Gasteiger charge is 2.34. The number of aryl methyl sites for hydroxylation is 1. The quantitative estimate of drug-likeness (QED) is 0.317. The number of benzene rings is 2. The highest BCUT2D eigenvalue weighted by molar-refractivity contribution is 6.32. The number of ether oxygens (including phenoxy) is 1. The van der Waals surface area contributed by atoms with E-state index in [0.717, 1.165) is 18.4 Å². The third-order valence-electron chi connectivity index (χ3n) is 5.13. The van der Waals surface area contributed by atoms with Gasteiger partial charge in [-0.25, -0.2) is 8.78 Å². The number of hydrogen-bond acceptors (Lipinski definition) is 5. The van der Waals surface area contributed by atoms with Gasteiger partial charge in [0.05, 0.1) is 27.4 Å². The minimum Gasteiger partial charge on any atom is -0.457 e. The van der Waals surface area contributed by atoms with E-state index >= 15 is 0 Å². The summed E-state index contributed by atoms with van der Waals surface area (Å²) in [6.07, 6.45) is -1.31. The van der Waals surface area contributed by atoms with E-state index in [4.69, 9.17) is 16.3 Å². The first kappa shape index (κ1) is 22.7. The van der Waals surface area contributed by atoms with Gasteiger partial charge in [-0.1, -0.05) is 29.8 Å². The number of carbonyl (C=O) groups excluding carboxylic acids is 1. The summed E-state index contributed by atoms with van der Waals surface area (Å²) in [4.78, 5) is 23.4. The molecule has 1 aliphatic rings. The molecule has 0 bridgehead atoms. The number of para-hydroxylation sites is 1. The van der Waals surface area contributed by atoms with Crippen LogP contribution in [0.1, 0.15) is 42.1 Å². The van der Waals surface area contributed by atoms with Crippen molar-refractivity contribution >= 4 is 28.9 Å². The zero-order valence-electron chi connectivity index (χ0n) is 17.4. The van der Waals surface area contributed by atoms with E-state index in [1.807, 2.05) is 19.1 Å². The van der Waals surface area contributed by atoms with Gasteiger partial charge >= 0.3 is 0 Å². The van der Waals surface area contributed by atoms with Gasteiger partial charge in [0, 0.05) is 18.1 Å². The molecule has 1 aromatic heterocycles. The third-order valence-corrected chi connectivity index (χ3v) is 5.51. The number of nitro groups is 1. The van der Waals surface area contributed by atoms with Crippen LogP contribution in [0.4, 0.5) is 20.2 Å². The Hall–Kier alpha value is -3.53. The fraction of sp³-hybridized carbons (Fsp3) is 0.273. The summed E-state index contributed by atoms with van der Waals surface area (Å²) in [5.41, 5.74) is 0.517. The second-order valence-electron chi connectivity index (χ2n) is 7.71. The second-order valence-corrected chi connectivity index (χ2v) is 8.08. The molecule has 1 saturated carbocycles. The van der Waals surface area contributed by atoms with Crippen LogP contribution in [0, 0.1) is 17.0 Å². The van der Waals surface area contributed by atoms with E-state index in [0.29, 0.717) is 11.4 Å². The molecule has 3 aromatic rings. The van der Waals surface area contributed by atoms with E-state index in [9.17, 15) is 23.7 Å². The molecule has 1 heterocycles. The van der Waals surface area contributed by atoms with Gasteiger partial charge in [-0.3, -0.25) is 19.6 Å². The van der Waals surface area contributed by atoms with Crippen LogP contribution >= 0.6 is 11.6 Å². The minimum atomic E-state index is -2.86. The van der Waals surface area contributed by atoms with Crippen molar-refractivity contribution in [2.75, 3.05) is 5.32 Å². The molecule has 0 saturated heterocycles. The van der Waals surface area contributed by atoms with E-state index in [1.165, 1.54) is 22.9 Å². The normalized spacial score (nSPS) is 13.2. The molecule has 1 fully saturated rings. The van der Waals surface area contributed by atoms with Crippen LogP contribution < -0.4 is 10.1 Å². The topological polar surface area (TPSA) is 99.3 Å². The third kappa shape index (κ3) is 5.11. The molecule has 0 unspecified atom stereocenters. The van der Waals surface area contributed by atoms with Gasteiger partial charge in [-0.2, -0.15) is 5.10 Å². The molecule has 2 aromatic carbocycles. The Bertz CT molecular complexity index is 1230. The van der Waals surface area contributed by atoms with Gasteiger partial charge in [0.15, 0.2) is 0 Å². The Morgan fingerprint density at radius 2 is 2.06 bits per heavy atom. The summed E-state index contributed by atoms with van der Waals surface area (Å²) in [6.45, 7) is 1.46. The number of alkyl halides is 2. The number of non-ortho nitro benzene ring substituents is 1. The molecule has 1 amide bonds. The zero-order chi connectivity index (χ0) is 23.7. The second kappa shape index (κ2) is 9.14. The molecule has 0 spiro atoms. The molecule has 0 atom stereocenters. The molecular weight excluding hydrogens is 458 g/mol.